The summed E-state index contributed by atoms with van der Waals surface area (Å²) in [6.07, 6.45) is 0. The molecule has 0 aliphatic carbocycles. The van der Waals surface area contributed by atoms with Crippen molar-refractivity contribution in [3.05, 3.63) is 0 Å². The van der Waals surface area contributed by atoms with Crippen molar-refractivity contribution >= 4 is 37.7 Å². The molecular formula is C2H2CaN2. The monoisotopic (exact) mass is 94.0 g/mol. The summed E-state index contributed by atoms with van der Waals surface area (Å²) in [5.74, 6) is 0. The minimum atomic E-state index is 0. The van der Waals surface area contributed by atoms with E-state index in [0.717, 1.165) is 0 Å². The third-order valence-electron chi connectivity index (χ3n) is 0.0500. The Kier molecular flexibility index (Phi) is 15.9. The Balaban J connectivity index is -0.0000000150. The van der Waals surface area contributed by atoms with Crippen LogP contribution >= 0.6 is 0 Å². The van der Waals surface area contributed by atoms with Gasteiger partial charge in [-0.2, -0.15) is 10.5 Å². The average Bonchev–Trinajstić information content (AvgIpc) is 1.37. The first kappa shape index (κ1) is 8.97. The fourth-order valence-electron chi connectivity index (χ4n) is 0. The zero-order valence-corrected chi connectivity index (χ0v) is 4.81. The Morgan fingerprint density at radius 2 is 1.40 bits per heavy atom. The SMILES string of the molecule is N#CC#N.[Ca+2].[H-].[H-]. The van der Waals surface area contributed by atoms with Gasteiger partial charge in [0.2, 0.25) is 0 Å². The van der Waals surface area contributed by atoms with Gasteiger partial charge in [0.05, 0.1) is 0 Å². The summed E-state index contributed by atoms with van der Waals surface area (Å²) in [6, 6.07) is 2.47. The minimum absolute atomic E-state index is 0. The van der Waals surface area contributed by atoms with Crippen LogP contribution in [0.2, 0.25) is 0 Å². The van der Waals surface area contributed by atoms with Crippen molar-refractivity contribution in [3.63, 3.8) is 0 Å². The van der Waals surface area contributed by atoms with Gasteiger partial charge in [-0.15, -0.1) is 0 Å². The molecule has 0 aromatic heterocycles. The van der Waals surface area contributed by atoms with E-state index in [1.54, 1.807) is 0 Å². The predicted molar refractivity (Wildman–Crippen MR) is 19.2 cm³/mol. The fourth-order valence-corrected chi connectivity index (χ4v) is 0. The van der Waals surface area contributed by atoms with E-state index in [4.69, 9.17) is 10.5 Å². The number of nitrogens with zero attached hydrogens (tertiary/aromatic N) is 2. The molecule has 0 rings (SSSR count). The van der Waals surface area contributed by atoms with Gasteiger partial charge in [-0.05, 0) is 0 Å². The third kappa shape index (κ3) is 13.8. The Labute approximate surface area is 63.0 Å². The van der Waals surface area contributed by atoms with E-state index in [9.17, 15) is 0 Å². The molecular weight excluding hydrogens is 92.1 g/mol. The van der Waals surface area contributed by atoms with Gasteiger partial charge in [0.25, 0.3) is 0 Å². The zero-order chi connectivity index (χ0) is 3.41. The van der Waals surface area contributed by atoms with Crippen molar-refractivity contribution < 1.29 is 2.85 Å². The molecule has 3 heteroatoms. The van der Waals surface area contributed by atoms with Gasteiger partial charge < -0.3 is 2.85 Å². The molecule has 0 radical (unpaired) electrons. The molecule has 5 heavy (non-hydrogen) atoms. The maximum absolute atomic E-state index is 7.26. The number of rotatable bonds is 0. The standard InChI is InChI=1S/C2N2.Ca.2H/c3-1-2-4;;;/q;+2;2*-1. The van der Waals surface area contributed by atoms with Gasteiger partial charge in [0, 0.05) is 0 Å². The van der Waals surface area contributed by atoms with E-state index in [1.165, 1.54) is 12.1 Å². The van der Waals surface area contributed by atoms with E-state index in [0.29, 0.717) is 0 Å². The number of hydrogen-bond donors (Lipinski definition) is 0. The maximum Gasteiger partial charge on any atom is 2.00 e. The molecule has 0 atom stereocenters. The van der Waals surface area contributed by atoms with Crippen molar-refractivity contribution in [3.8, 4) is 12.1 Å². The van der Waals surface area contributed by atoms with Gasteiger partial charge in [-0.25, -0.2) is 0 Å². The minimum Gasteiger partial charge on any atom is -1.00 e. The van der Waals surface area contributed by atoms with Crippen molar-refractivity contribution in [2.45, 2.75) is 0 Å². The Hall–Kier alpha value is 0.240. The Bertz CT molecular complexity index is 68.7. The maximum atomic E-state index is 7.26. The van der Waals surface area contributed by atoms with E-state index in [-0.39, 0.29) is 40.6 Å². The third-order valence-corrected chi connectivity index (χ3v) is 0.0500. The molecule has 0 aliphatic rings. The van der Waals surface area contributed by atoms with E-state index in [1.807, 2.05) is 0 Å². The summed E-state index contributed by atoms with van der Waals surface area (Å²) in [4.78, 5) is 0. The van der Waals surface area contributed by atoms with Crippen LogP contribution < -0.4 is 0 Å². The van der Waals surface area contributed by atoms with Crippen LogP contribution in [0.4, 0.5) is 0 Å². The van der Waals surface area contributed by atoms with Gasteiger partial charge in [0.15, 0.2) is 12.1 Å². The topological polar surface area (TPSA) is 47.6 Å². The Morgan fingerprint density at radius 1 is 1.20 bits per heavy atom. The molecule has 2 nitrogen and oxygen atoms in total. The first-order chi connectivity index (χ1) is 1.91. The Morgan fingerprint density at radius 3 is 1.40 bits per heavy atom. The van der Waals surface area contributed by atoms with Gasteiger partial charge >= 0.3 is 37.7 Å². The second-order valence-corrected chi connectivity index (χ2v) is 0.224. The van der Waals surface area contributed by atoms with Crippen LogP contribution in [-0.2, 0) is 0 Å². The van der Waals surface area contributed by atoms with Crippen LogP contribution in [0.25, 0.3) is 0 Å². The van der Waals surface area contributed by atoms with Crippen LogP contribution in [0.3, 0.4) is 0 Å². The second-order valence-electron chi connectivity index (χ2n) is 0.224. The largest absolute Gasteiger partial charge is 2.00 e. The van der Waals surface area contributed by atoms with Crippen LogP contribution in [0.1, 0.15) is 2.85 Å². The zero-order valence-electron chi connectivity index (χ0n) is 4.60. The smallest absolute Gasteiger partial charge is 1.00 e. The first-order valence-corrected chi connectivity index (χ1v) is 0.697. The van der Waals surface area contributed by atoms with Crippen molar-refractivity contribution in [2.24, 2.45) is 0 Å². The number of nitriles is 2. The molecule has 0 aromatic rings. The molecule has 0 saturated heterocycles. The fraction of sp³-hybridized carbons (Fsp3) is 0. The summed E-state index contributed by atoms with van der Waals surface area (Å²) < 4.78 is 0. The summed E-state index contributed by atoms with van der Waals surface area (Å²) >= 11 is 0. The molecule has 0 heterocycles. The molecule has 0 amide bonds. The van der Waals surface area contributed by atoms with Gasteiger partial charge in [-0.1, -0.05) is 0 Å². The molecule has 0 aliphatic heterocycles. The van der Waals surface area contributed by atoms with Crippen molar-refractivity contribution in [1.82, 2.24) is 0 Å². The van der Waals surface area contributed by atoms with Crippen molar-refractivity contribution in [1.29, 1.82) is 10.5 Å². The summed E-state index contributed by atoms with van der Waals surface area (Å²) in [5.41, 5.74) is 0. The predicted octanol–water partition coefficient (Wildman–Crippen LogP) is -0.122. The van der Waals surface area contributed by atoms with Crippen LogP contribution in [-0.4, -0.2) is 37.7 Å². The molecule has 0 saturated carbocycles. The molecule has 0 unspecified atom stereocenters. The molecule has 0 fully saturated rings. The van der Waals surface area contributed by atoms with E-state index >= 15 is 0 Å². The molecule has 0 bridgehead atoms. The van der Waals surface area contributed by atoms with Crippen LogP contribution in [0.5, 0.6) is 0 Å². The summed E-state index contributed by atoms with van der Waals surface area (Å²) in [6.45, 7) is 0. The second kappa shape index (κ2) is 8.87. The molecule has 0 aromatic carbocycles. The van der Waals surface area contributed by atoms with E-state index in [2.05, 4.69) is 0 Å². The van der Waals surface area contributed by atoms with Crippen LogP contribution in [0.15, 0.2) is 0 Å². The van der Waals surface area contributed by atoms with Crippen molar-refractivity contribution in [2.75, 3.05) is 0 Å². The summed E-state index contributed by atoms with van der Waals surface area (Å²) in [7, 11) is 0. The van der Waals surface area contributed by atoms with Gasteiger partial charge in [0.1, 0.15) is 0 Å². The first-order valence-electron chi connectivity index (χ1n) is 0.697. The number of hydrogen-bond acceptors (Lipinski definition) is 2. The van der Waals surface area contributed by atoms with Crippen LogP contribution in [0, 0.1) is 22.7 Å². The normalized spacial score (nSPS) is 2.00. The molecule has 22 valence electrons. The average molecular weight is 94.1 g/mol. The molecule has 0 spiro atoms. The molecule has 0 N–H and O–H groups in total. The summed E-state index contributed by atoms with van der Waals surface area (Å²) in [5, 5.41) is 14.5. The van der Waals surface area contributed by atoms with Gasteiger partial charge in [-0.3, -0.25) is 0 Å². The quantitative estimate of drug-likeness (QED) is 0.393. The van der Waals surface area contributed by atoms with E-state index < -0.39 is 0 Å².